The van der Waals surface area contributed by atoms with Gasteiger partial charge in [-0.1, -0.05) is 18.2 Å². The van der Waals surface area contributed by atoms with Crippen LogP contribution >= 0.6 is 0 Å². The van der Waals surface area contributed by atoms with E-state index in [1.165, 1.54) is 5.56 Å². The third-order valence-corrected chi connectivity index (χ3v) is 4.99. The van der Waals surface area contributed by atoms with Gasteiger partial charge in [0, 0.05) is 18.2 Å². The summed E-state index contributed by atoms with van der Waals surface area (Å²) < 4.78 is 0. The molecule has 0 aliphatic carbocycles. The molecular formula is C17H23N3O2. The predicted molar refractivity (Wildman–Crippen MR) is 85.5 cm³/mol. The summed E-state index contributed by atoms with van der Waals surface area (Å²) in [6.45, 7) is 4.25. The highest BCUT2D eigenvalue weighted by molar-refractivity contribution is 5.98. The maximum Gasteiger partial charge on any atom is 0.244 e. The summed E-state index contributed by atoms with van der Waals surface area (Å²) >= 11 is 0. The van der Waals surface area contributed by atoms with Crippen LogP contribution in [-0.2, 0) is 16.0 Å². The first kappa shape index (κ1) is 15.0. The van der Waals surface area contributed by atoms with Crippen molar-refractivity contribution in [2.24, 2.45) is 11.7 Å². The van der Waals surface area contributed by atoms with Crippen molar-refractivity contribution in [3.05, 3.63) is 29.8 Å². The highest BCUT2D eigenvalue weighted by Crippen LogP contribution is 2.29. The van der Waals surface area contributed by atoms with Gasteiger partial charge < -0.3 is 10.6 Å². The molecule has 1 aromatic carbocycles. The monoisotopic (exact) mass is 301 g/mol. The Labute approximate surface area is 131 Å². The smallest absolute Gasteiger partial charge is 0.244 e. The highest BCUT2D eigenvalue weighted by Gasteiger charge is 2.33. The number of hydrogen-bond acceptors (Lipinski definition) is 3. The fraction of sp³-hybridized carbons (Fsp3) is 0.529. The van der Waals surface area contributed by atoms with Crippen molar-refractivity contribution in [3.63, 3.8) is 0 Å². The molecule has 3 rings (SSSR count). The lowest BCUT2D eigenvalue weighted by Gasteiger charge is -2.35. The third-order valence-electron chi connectivity index (χ3n) is 4.99. The standard InChI is InChI=1S/C17H23N3O2/c1-12(19-9-6-14(7-10-19)16(18)21)17(22)20-11-8-13-4-2-3-5-15(13)20/h2-5,12,14H,6-11H2,1H3,(H2,18,21)/t12-/m1/s1. The number of piperidine rings is 1. The lowest BCUT2D eigenvalue weighted by Crippen LogP contribution is -2.50. The second-order valence-electron chi connectivity index (χ2n) is 6.26. The number of anilines is 1. The van der Waals surface area contributed by atoms with E-state index in [2.05, 4.69) is 11.0 Å². The number of primary amides is 1. The van der Waals surface area contributed by atoms with E-state index in [4.69, 9.17) is 5.73 Å². The van der Waals surface area contributed by atoms with Crippen LogP contribution in [0.5, 0.6) is 0 Å². The van der Waals surface area contributed by atoms with Crippen LogP contribution in [0.1, 0.15) is 25.3 Å². The molecule has 1 atom stereocenters. The van der Waals surface area contributed by atoms with Gasteiger partial charge in [-0.05, 0) is 50.9 Å². The van der Waals surface area contributed by atoms with E-state index in [9.17, 15) is 9.59 Å². The van der Waals surface area contributed by atoms with E-state index >= 15 is 0 Å². The first-order chi connectivity index (χ1) is 10.6. The fourth-order valence-corrected chi connectivity index (χ4v) is 3.52. The first-order valence-corrected chi connectivity index (χ1v) is 8.00. The van der Waals surface area contributed by atoms with Crippen molar-refractivity contribution in [2.45, 2.75) is 32.2 Å². The summed E-state index contributed by atoms with van der Waals surface area (Å²) in [6.07, 6.45) is 2.44. The number of nitrogens with zero attached hydrogens (tertiary/aromatic N) is 2. The molecule has 1 saturated heterocycles. The molecule has 0 bridgehead atoms. The Bertz CT molecular complexity index is 579. The summed E-state index contributed by atoms with van der Waals surface area (Å²) in [7, 11) is 0. The van der Waals surface area contributed by atoms with Gasteiger partial charge in [0.05, 0.1) is 6.04 Å². The lowest BCUT2D eigenvalue weighted by atomic mass is 9.95. The second-order valence-corrected chi connectivity index (χ2v) is 6.26. The molecule has 2 aliphatic rings. The topological polar surface area (TPSA) is 66.6 Å². The minimum absolute atomic E-state index is 0.0361. The van der Waals surface area contributed by atoms with Gasteiger partial charge in [0.25, 0.3) is 0 Å². The predicted octanol–water partition coefficient (Wildman–Crippen LogP) is 1.16. The van der Waals surface area contributed by atoms with Crippen molar-refractivity contribution in [2.75, 3.05) is 24.5 Å². The summed E-state index contributed by atoms with van der Waals surface area (Å²) in [4.78, 5) is 28.1. The van der Waals surface area contributed by atoms with E-state index in [1.54, 1.807) is 0 Å². The Morgan fingerprint density at radius 3 is 2.55 bits per heavy atom. The van der Waals surface area contributed by atoms with Crippen molar-refractivity contribution >= 4 is 17.5 Å². The average molecular weight is 301 g/mol. The summed E-state index contributed by atoms with van der Waals surface area (Å²) in [5.41, 5.74) is 7.66. The van der Waals surface area contributed by atoms with Crippen LogP contribution in [0.3, 0.4) is 0 Å². The van der Waals surface area contributed by atoms with Crippen molar-refractivity contribution in [1.29, 1.82) is 0 Å². The zero-order chi connectivity index (χ0) is 15.7. The number of benzene rings is 1. The molecule has 118 valence electrons. The molecule has 2 N–H and O–H groups in total. The summed E-state index contributed by atoms with van der Waals surface area (Å²) in [6, 6.07) is 7.95. The van der Waals surface area contributed by atoms with E-state index in [1.807, 2.05) is 30.0 Å². The van der Waals surface area contributed by atoms with E-state index in [0.717, 1.165) is 44.6 Å². The van der Waals surface area contributed by atoms with Crippen LogP contribution in [0.25, 0.3) is 0 Å². The molecule has 0 unspecified atom stereocenters. The number of likely N-dealkylation sites (tertiary alicyclic amines) is 1. The first-order valence-electron chi connectivity index (χ1n) is 8.00. The largest absolute Gasteiger partial charge is 0.369 e. The lowest BCUT2D eigenvalue weighted by molar-refractivity contribution is -0.125. The second kappa shape index (κ2) is 6.08. The van der Waals surface area contributed by atoms with Crippen LogP contribution in [-0.4, -0.2) is 42.4 Å². The van der Waals surface area contributed by atoms with Crippen LogP contribution < -0.4 is 10.6 Å². The van der Waals surface area contributed by atoms with Crippen molar-refractivity contribution < 1.29 is 9.59 Å². The van der Waals surface area contributed by atoms with Crippen molar-refractivity contribution in [1.82, 2.24) is 4.90 Å². The molecular weight excluding hydrogens is 278 g/mol. The molecule has 1 aromatic rings. The molecule has 0 spiro atoms. The molecule has 0 saturated carbocycles. The third kappa shape index (κ3) is 2.73. The molecule has 0 aromatic heterocycles. The molecule has 22 heavy (non-hydrogen) atoms. The van der Waals surface area contributed by atoms with Gasteiger partial charge in [0.2, 0.25) is 11.8 Å². The van der Waals surface area contributed by atoms with Gasteiger partial charge >= 0.3 is 0 Å². The van der Waals surface area contributed by atoms with Gasteiger partial charge in [0.15, 0.2) is 0 Å². The van der Waals surface area contributed by atoms with Crippen LogP contribution in [0.4, 0.5) is 5.69 Å². The molecule has 5 heteroatoms. The Hall–Kier alpha value is -1.88. The molecule has 1 fully saturated rings. The minimum atomic E-state index is -0.216. The number of nitrogens with two attached hydrogens (primary N) is 1. The van der Waals surface area contributed by atoms with Gasteiger partial charge in [-0.25, -0.2) is 0 Å². The number of fused-ring (bicyclic) bond motifs is 1. The number of carbonyl (C=O) groups is 2. The SMILES string of the molecule is C[C@H](C(=O)N1CCc2ccccc21)N1CCC(C(N)=O)CC1. The Balaban J connectivity index is 1.65. The van der Waals surface area contributed by atoms with Gasteiger partial charge in [-0.3, -0.25) is 14.5 Å². The fourth-order valence-electron chi connectivity index (χ4n) is 3.52. The maximum atomic E-state index is 12.8. The number of hydrogen-bond donors (Lipinski definition) is 1. The minimum Gasteiger partial charge on any atom is -0.369 e. The van der Waals surface area contributed by atoms with Crippen LogP contribution in [0.2, 0.25) is 0 Å². The van der Waals surface area contributed by atoms with Crippen LogP contribution in [0.15, 0.2) is 24.3 Å². The molecule has 5 nitrogen and oxygen atoms in total. The quantitative estimate of drug-likeness (QED) is 0.911. The van der Waals surface area contributed by atoms with E-state index < -0.39 is 0 Å². The van der Waals surface area contributed by atoms with Crippen molar-refractivity contribution in [3.8, 4) is 0 Å². The normalized spacial score (nSPS) is 20.7. The Morgan fingerprint density at radius 1 is 1.18 bits per heavy atom. The Morgan fingerprint density at radius 2 is 1.86 bits per heavy atom. The highest BCUT2D eigenvalue weighted by atomic mass is 16.2. The number of carbonyl (C=O) groups excluding carboxylic acids is 2. The maximum absolute atomic E-state index is 12.8. The Kier molecular flexibility index (Phi) is 4.16. The zero-order valence-electron chi connectivity index (χ0n) is 13.0. The molecule has 2 amide bonds. The average Bonchev–Trinajstić information content (AvgIpc) is 2.97. The number of rotatable bonds is 3. The number of para-hydroxylation sites is 1. The summed E-state index contributed by atoms with van der Waals surface area (Å²) in [5.74, 6) is -0.0966. The molecule has 0 radical (unpaired) electrons. The van der Waals surface area contributed by atoms with Crippen LogP contribution in [0, 0.1) is 5.92 Å². The van der Waals surface area contributed by atoms with Gasteiger partial charge in [0.1, 0.15) is 0 Å². The molecule has 2 aliphatic heterocycles. The molecule has 2 heterocycles. The van der Waals surface area contributed by atoms with E-state index in [0.29, 0.717) is 0 Å². The number of amides is 2. The zero-order valence-corrected chi connectivity index (χ0v) is 13.0. The van der Waals surface area contributed by atoms with Gasteiger partial charge in [-0.15, -0.1) is 0 Å². The summed E-state index contributed by atoms with van der Waals surface area (Å²) in [5, 5.41) is 0. The van der Waals surface area contributed by atoms with Gasteiger partial charge in [-0.2, -0.15) is 0 Å². The van der Waals surface area contributed by atoms with E-state index in [-0.39, 0.29) is 23.8 Å².